The van der Waals surface area contributed by atoms with Gasteiger partial charge in [-0.1, -0.05) is 36.4 Å². The van der Waals surface area contributed by atoms with E-state index in [4.69, 9.17) is 4.74 Å². The standard InChI is InChI=1S/C32H31F3N4O3/c1-20(39-29(40)26-14-25(17-37-18-26)23-6-5-13-36-16-23)21-7-9-22(10-8-21)28-15-27(32(33,34)35)12-11-24(28)19-38-30(41)42-31(2,3)4/h5-18,20H,19H2,1-4H3,(H,38,41)(H,39,40)/t20-/m1/s1. The minimum absolute atomic E-state index is 0.0251. The lowest BCUT2D eigenvalue weighted by Crippen LogP contribution is -2.32. The van der Waals surface area contributed by atoms with Gasteiger partial charge in [0.25, 0.3) is 5.91 Å². The molecule has 10 heteroatoms. The highest BCUT2D eigenvalue weighted by atomic mass is 19.4. The lowest BCUT2D eigenvalue weighted by Gasteiger charge is -2.20. The van der Waals surface area contributed by atoms with Crippen molar-refractivity contribution in [1.29, 1.82) is 0 Å². The van der Waals surface area contributed by atoms with Crippen molar-refractivity contribution in [2.75, 3.05) is 0 Å². The zero-order valence-corrected chi connectivity index (χ0v) is 23.6. The normalized spacial score (nSPS) is 12.4. The molecule has 2 aromatic carbocycles. The van der Waals surface area contributed by atoms with Gasteiger partial charge in [-0.2, -0.15) is 13.2 Å². The molecule has 0 bridgehead atoms. The number of hydrogen-bond donors (Lipinski definition) is 2. The molecule has 0 radical (unpaired) electrons. The van der Waals surface area contributed by atoms with E-state index in [1.165, 1.54) is 12.3 Å². The Kier molecular flexibility index (Phi) is 8.94. The van der Waals surface area contributed by atoms with Crippen LogP contribution < -0.4 is 10.6 Å². The third-order valence-corrected chi connectivity index (χ3v) is 6.32. The summed E-state index contributed by atoms with van der Waals surface area (Å²) in [7, 11) is 0. The highest BCUT2D eigenvalue weighted by Gasteiger charge is 2.31. The summed E-state index contributed by atoms with van der Waals surface area (Å²) >= 11 is 0. The highest BCUT2D eigenvalue weighted by molar-refractivity contribution is 5.95. The van der Waals surface area contributed by atoms with E-state index < -0.39 is 29.5 Å². The maximum Gasteiger partial charge on any atom is 0.416 e. The second-order valence-corrected chi connectivity index (χ2v) is 10.7. The van der Waals surface area contributed by atoms with Gasteiger partial charge in [0.05, 0.1) is 17.2 Å². The van der Waals surface area contributed by atoms with Gasteiger partial charge in [-0.25, -0.2) is 4.79 Å². The van der Waals surface area contributed by atoms with E-state index in [1.54, 1.807) is 75.8 Å². The fraction of sp³-hybridized carbons (Fsp3) is 0.250. The summed E-state index contributed by atoms with van der Waals surface area (Å²) < 4.78 is 45.8. The van der Waals surface area contributed by atoms with Crippen molar-refractivity contribution in [3.05, 3.63) is 108 Å². The molecule has 0 saturated heterocycles. The van der Waals surface area contributed by atoms with Crippen molar-refractivity contribution in [1.82, 2.24) is 20.6 Å². The maximum atomic E-state index is 13.5. The summed E-state index contributed by atoms with van der Waals surface area (Å²) in [5.74, 6) is -0.321. The number of carbonyl (C=O) groups excluding carboxylic acids is 2. The minimum Gasteiger partial charge on any atom is -0.444 e. The Morgan fingerprint density at radius 2 is 1.60 bits per heavy atom. The van der Waals surface area contributed by atoms with Gasteiger partial charge in [0.2, 0.25) is 0 Å². The molecular weight excluding hydrogens is 545 g/mol. The lowest BCUT2D eigenvalue weighted by atomic mass is 9.95. The fourth-order valence-corrected chi connectivity index (χ4v) is 4.23. The molecule has 0 fully saturated rings. The molecule has 7 nitrogen and oxygen atoms in total. The minimum atomic E-state index is -4.53. The van der Waals surface area contributed by atoms with Crippen molar-refractivity contribution in [2.45, 2.75) is 52.1 Å². The van der Waals surface area contributed by atoms with Crippen molar-refractivity contribution < 1.29 is 27.5 Å². The molecule has 0 aliphatic rings. The number of alkyl carbamates (subject to hydrolysis) is 1. The largest absolute Gasteiger partial charge is 0.444 e. The van der Waals surface area contributed by atoms with E-state index in [9.17, 15) is 22.8 Å². The van der Waals surface area contributed by atoms with Crippen LogP contribution in [0.3, 0.4) is 0 Å². The average Bonchev–Trinajstić information content (AvgIpc) is 2.95. The van der Waals surface area contributed by atoms with E-state index in [0.29, 0.717) is 22.3 Å². The Hall–Kier alpha value is -4.73. The number of rotatable bonds is 7. The van der Waals surface area contributed by atoms with Gasteiger partial charge < -0.3 is 15.4 Å². The van der Waals surface area contributed by atoms with Crippen LogP contribution in [0.2, 0.25) is 0 Å². The summed E-state index contributed by atoms with van der Waals surface area (Å²) in [5, 5.41) is 5.54. The second-order valence-electron chi connectivity index (χ2n) is 10.7. The van der Waals surface area contributed by atoms with Gasteiger partial charge in [0, 0.05) is 42.5 Å². The molecule has 2 heterocycles. The number of pyridine rings is 2. The van der Waals surface area contributed by atoms with Crippen LogP contribution in [-0.4, -0.2) is 27.6 Å². The first-order valence-corrected chi connectivity index (χ1v) is 13.2. The van der Waals surface area contributed by atoms with Crippen LogP contribution in [0.15, 0.2) is 85.5 Å². The predicted molar refractivity (Wildman–Crippen MR) is 153 cm³/mol. The first-order valence-electron chi connectivity index (χ1n) is 13.2. The number of hydrogen-bond acceptors (Lipinski definition) is 5. The van der Waals surface area contributed by atoms with Crippen LogP contribution in [0.5, 0.6) is 0 Å². The molecule has 42 heavy (non-hydrogen) atoms. The summed E-state index contributed by atoms with van der Waals surface area (Å²) in [6, 6.07) is 15.3. The molecule has 2 N–H and O–H groups in total. The lowest BCUT2D eigenvalue weighted by molar-refractivity contribution is -0.137. The Morgan fingerprint density at radius 3 is 2.24 bits per heavy atom. The Bertz CT molecular complexity index is 1550. The number of amides is 2. The van der Waals surface area contributed by atoms with Crippen molar-refractivity contribution >= 4 is 12.0 Å². The first-order chi connectivity index (χ1) is 19.8. The Balaban J connectivity index is 1.52. The van der Waals surface area contributed by atoms with Crippen LogP contribution in [0.25, 0.3) is 22.3 Å². The van der Waals surface area contributed by atoms with Gasteiger partial charge in [0.15, 0.2) is 0 Å². The van der Waals surface area contributed by atoms with Crippen LogP contribution in [0.4, 0.5) is 18.0 Å². The van der Waals surface area contributed by atoms with Gasteiger partial charge in [-0.15, -0.1) is 0 Å². The molecule has 0 aliphatic carbocycles. The highest BCUT2D eigenvalue weighted by Crippen LogP contribution is 2.34. The van der Waals surface area contributed by atoms with E-state index in [-0.39, 0.29) is 12.5 Å². The van der Waals surface area contributed by atoms with E-state index in [2.05, 4.69) is 20.6 Å². The zero-order valence-electron chi connectivity index (χ0n) is 23.6. The molecule has 0 spiro atoms. The molecule has 1 atom stereocenters. The smallest absolute Gasteiger partial charge is 0.416 e. The number of carbonyl (C=O) groups is 2. The SMILES string of the molecule is C[C@@H](NC(=O)c1cncc(-c2cccnc2)c1)c1ccc(-c2cc(C(F)(F)F)ccc2CNC(=O)OC(C)(C)C)cc1. The third-order valence-electron chi connectivity index (χ3n) is 6.32. The Morgan fingerprint density at radius 1 is 0.881 bits per heavy atom. The molecule has 2 aromatic heterocycles. The molecule has 0 aliphatic heterocycles. The molecular formula is C32H31F3N4O3. The number of nitrogens with one attached hydrogen (secondary N) is 2. The monoisotopic (exact) mass is 576 g/mol. The molecule has 0 unspecified atom stereocenters. The van der Waals surface area contributed by atoms with Gasteiger partial charge in [-0.05, 0) is 74.2 Å². The zero-order chi connectivity index (χ0) is 30.5. The third kappa shape index (κ3) is 7.93. The molecule has 218 valence electrons. The van der Waals surface area contributed by atoms with Crippen LogP contribution >= 0.6 is 0 Å². The van der Waals surface area contributed by atoms with Crippen molar-refractivity contribution in [3.63, 3.8) is 0 Å². The number of halogens is 3. The number of ether oxygens (including phenoxy) is 1. The number of alkyl halides is 3. The topological polar surface area (TPSA) is 93.2 Å². The maximum absolute atomic E-state index is 13.5. The summed E-state index contributed by atoms with van der Waals surface area (Å²) in [4.78, 5) is 33.4. The van der Waals surface area contributed by atoms with Gasteiger partial charge in [-0.3, -0.25) is 14.8 Å². The predicted octanol–water partition coefficient (Wildman–Crippen LogP) is 7.35. The van der Waals surface area contributed by atoms with E-state index in [0.717, 1.165) is 28.8 Å². The average molecular weight is 577 g/mol. The van der Waals surface area contributed by atoms with Crippen LogP contribution in [0.1, 0.15) is 60.8 Å². The first kappa shape index (κ1) is 30.2. The molecule has 0 saturated carbocycles. The summed E-state index contributed by atoms with van der Waals surface area (Å²) in [6.07, 6.45) is 1.27. The van der Waals surface area contributed by atoms with Gasteiger partial charge >= 0.3 is 12.3 Å². The molecule has 4 aromatic rings. The Labute approximate surface area is 242 Å². The summed E-state index contributed by atoms with van der Waals surface area (Å²) in [5.41, 5.74) is 2.54. The number of nitrogens with zero attached hydrogens (tertiary/aromatic N) is 2. The van der Waals surface area contributed by atoms with Crippen molar-refractivity contribution in [2.24, 2.45) is 0 Å². The summed E-state index contributed by atoms with van der Waals surface area (Å²) in [6.45, 7) is 6.95. The quantitative estimate of drug-likeness (QED) is 0.240. The fourth-order valence-electron chi connectivity index (χ4n) is 4.23. The second kappa shape index (κ2) is 12.4. The number of benzene rings is 2. The van der Waals surface area contributed by atoms with Gasteiger partial charge in [0.1, 0.15) is 5.60 Å². The van der Waals surface area contributed by atoms with Crippen LogP contribution in [-0.2, 0) is 17.5 Å². The number of aromatic nitrogens is 2. The molecule has 4 rings (SSSR count). The van der Waals surface area contributed by atoms with E-state index in [1.807, 2.05) is 13.0 Å². The van der Waals surface area contributed by atoms with Crippen LogP contribution in [0, 0.1) is 0 Å². The van der Waals surface area contributed by atoms with Crippen molar-refractivity contribution in [3.8, 4) is 22.3 Å². The molecule has 2 amide bonds. The van der Waals surface area contributed by atoms with E-state index >= 15 is 0 Å².